The maximum atomic E-state index is 5.37. The van der Waals surface area contributed by atoms with E-state index in [2.05, 4.69) is 23.4 Å². The van der Waals surface area contributed by atoms with Gasteiger partial charge < -0.3 is 9.73 Å². The maximum Gasteiger partial charge on any atom is 0.120 e. The van der Waals surface area contributed by atoms with E-state index in [-0.39, 0.29) is 6.04 Å². The third-order valence-corrected chi connectivity index (χ3v) is 3.07. The summed E-state index contributed by atoms with van der Waals surface area (Å²) in [5.41, 5.74) is 2.32. The second kappa shape index (κ2) is 4.66. The van der Waals surface area contributed by atoms with E-state index in [1.54, 1.807) is 6.26 Å². The number of fused-ring (bicyclic) bond motifs is 1. The SMILES string of the molecule is C[C@H](NCc1cnn2ccccc12)c1ccco1. The highest BCUT2D eigenvalue weighted by atomic mass is 16.3. The van der Waals surface area contributed by atoms with Gasteiger partial charge in [-0.05, 0) is 31.2 Å². The molecule has 3 heterocycles. The van der Waals surface area contributed by atoms with Crippen LogP contribution < -0.4 is 5.32 Å². The zero-order valence-corrected chi connectivity index (χ0v) is 10.2. The van der Waals surface area contributed by atoms with Crippen LogP contribution in [0.15, 0.2) is 53.4 Å². The Morgan fingerprint density at radius 1 is 1.33 bits per heavy atom. The number of aromatic nitrogens is 2. The van der Waals surface area contributed by atoms with Gasteiger partial charge in [0, 0.05) is 18.3 Å². The molecule has 0 aliphatic carbocycles. The fraction of sp³-hybridized carbons (Fsp3) is 0.214. The molecule has 3 aromatic rings. The van der Waals surface area contributed by atoms with Crippen molar-refractivity contribution in [3.05, 3.63) is 60.3 Å². The lowest BCUT2D eigenvalue weighted by Crippen LogP contribution is -2.17. The highest BCUT2D eigenvalue weighted by Crippen LogP contribution is 2.15. The molecule has 3 rings (SSSR count). The molecule has 0 unspecified atom stereocenters. The van der Waals surface area contributed by atoms with Crippen molar-refractivity contribution in [1.82, 2.24) is 14.9 Å². The van der Waals surface area contributed by atoms with Crippen molar-refractivity contribution >= 4 is 5.52 Å². The Bertz CT molecular complexity index is 627. The van der Waals surface area contributed by atoms with Crippen LogP contribution in [-0.2, 0) is 6.54 Å². The van der Waals surface area contributed by atoms with E-state index < -0.39 is 0 Å². The molecule has 0 spiro atoms. The maximum absolute atomic E-state index is 5.37. The van der Waals surface area contributed by atoms with Gasteiger partial charge >= 0.3 is 0 Å². The first-order valence-corrected chi connectivity index (χ1v) is 6.02. The van der Waals surface area contributed by atoms with E-state index in [1.165, 1.54) is 5.56 Å². The van der Waals surface area contributed by atoms with Gasteiger partial charge in [-0.3, -0.25) is 0 Å². The van der Waals surface area contributed by atoms with Gasteiger partial charge in [0.15, 0.2) is 0 Å². The Balaban J connectivity index is 1.73. The predicted octanol–water partition coefficient (Wildman–Crippen LogP) is 2.78. The van der Waals surface area contributed by atoms with Crippen LogP contribution in [0.2, 0.25) is 0 Å². The summed E-state index contributed by atoms with van der Waals surface area (Å²) in [6, 6.07) is 10.1. The minimum absolute atomic E-state index is 0.193. The number of hydrogen-bond acceptors (Lipinski definition) is 3. The first kappa shape index (κ1) is 11.0. The summed E-state index contributed by atoms with van der Waals surface area (Å²) in [4.78, 5) is 0. The molecule has 0 amide bonds. The fourth-order valence-electron chi connectivity index (χ4n) is 2.02. The second-order valence-electron chi connectivity index (χ2n) is 4.32. The van der Waals surface area contributed by atoms with Crippen LogP contribution in [0.1, 0.15) is 24.3 Å². The van der Waals surface area contributed by atoms with E-state index in [1.807, 2.05) is 41.2 Å². The molecule has 18 heavy (non-hydrogen) atoms. The summed E-state index contributed by atoms with van der Waals surface area (Å²) in [6.45, 7) is 2.86. The van der Waals surface area contributed by atoms with E-state index in [0.717, 1.165) is 17.8 Å². The van der Waals surface area contributed by atoms with Crippen molar-refractivity contribution in [3.63, 3.8) is 0 Å². The van der Waals surface area contributed by atoms with Crippen molar-refractivity contribution in [2.24, 2.45) is 0 Å². The Morgan fingerprint density at radius 3 is 3.11 bits per heavy atom. The standard InChI is InChI=1S/C14H15N3O/c1-11(14-6-4-8-18-14)15-9-12-10-16-17-7-3-2-5-13(12)17/h2-8,10-11,15H,9H2,1H3/t11-/m0/s1. The van der Waals surface area contributed by atoms with Crippen molar-refractivity contribution in [3.8, 4) is 0 Å². The van der Waals surface area contributed by atoms with Crippen LogP contribution >= 0.6 is 0 Å². The van der Waals surface area contributed by atoms with Gasteiger partial charge in [-0.25, -0.2) is 4.52 Å². The van der Waals surface area contributed by atoms with Crippen molar-refractivity contribution in [1.29, 1.82) is 0 Å². The zero-order chi connectivity index (χ0) is 12.4. The van der Waals surface area contributed by atoms with Crippen molar-refractivity contribution in [2.75, 3.05) is 0 Å². The average molecular weight is 241 g/mol. The molecule has 0 bridgehead atoms. The van der Waals surface area contributed by atoms with Crippen LogP contribution in [-0.4, -0.2) is 9.61 Å². The third kappa shape index (κ3) is 2.02. The summed E-state index contributed by atoms with van der Waals surface area (Å²) in [7, 11) is 0. The molecule has 0 aliphatic rings. The fourth-order valence-corrected chi connectivity index (χ4v) is 2.02. The van der Waals surface area contributed by atoms with Crippen LogP contribution in [0.4, 0.5) is 0 Å². The van der Waals surface area contributed by atoms with Crippen molar-refractivity contribution in [2.45, 2.75) is 19.5 Å². The molecule has 1 atom stereocenters. The molecule has 0 aromatic carbocycles. The summed E-state index contributed by atoms with van der Waals surface area (Å²) in [6.07, 6.45) is 5.55. The van der Waals surface area contributed by atoms with Crippen LogP contribution in [0.25, 0.3) is 5.52 Å². The highest BCUT2D eigenvalue weighted by molar-refractivity contribution is 5.53. The summed E-state index contributed by atoms with van der Waals surface area (Å²) >= 11 is 0. The summed E-state index contributed by atoms with van der Waals surface area (Å²) in [5, 5.41) is 7.75. The van der Waals surface area contributed by atoms with Crippen LogP contribution in [0.5, 0.6) is 0 Å². The van der Waals surface area contributed by atoms with Gasteiger partial charge in [0.05, 0.1) is 24.0 Å². The second-order valence-corrected chi connectivity index (χ2v) is 4.32. The molecule has 4 heteroatoms. The molecular formula is C14H15N3O. The van der Waals surface area contributed by atoms with Gasteiger partial charge in [-0.15, -0.1) is 0 Å². The topological polar surface area (TPSA) is 42.5 Å². The molecule has 4 nitrogen and oxygen atoms in total. The number of nitrogens with zero attached hydrogens (tertiary/aromatic N) is 2. The number of hydrogen-bond donors (Lipinski definition) is 1. The van der Waals surface area contributed by atoms with Crippen LogP contribution in [0.3, 0.4) is 0 Å². The number of pyridine rings is 1. The van der Waals surface area contributed by atoms with E-state index in [0.29, 0.717) is 0 Å². The monoisotopic (exact) mass is 241 g/mol. The first-order valence-electron chi connectivity index (χ1n) is 6.02. The third-order valence-electron chi connectivity index (χ3n) is 3.07. The Morgan fingerprint density at radius 2 is 2.28 bits per heavy atom. The molecule has 0 saturated heterocycles. The average Bonchev–Trinajstić information content (AvgIpc) is 3.06. The molecule has 0 fully saturated rings. The van der Waals surface area contributed by atoms with Gasteiger partial charge in [0.1, 0.15) is 5.76 Å². The predicted molar refractivity (Wildman–Crippen MR) is 69.2 cm³/mol. The Kier molecular flexibility index (Phi) is 2.86. The molecule has 0 aliphatic heterocycles. The zero-order valence-electron chi connectivity index (χ0n) is 10.2. The van der Waals surface area contributed by atoms with Crippen LogP contribution in [0, 0.1) is 0 Å². The minimum Gasteiger partial charge on any atom is -0.468 e. The molecule has 1 N–H and O–H groups in total. The lowest BCUT2D eigenvalue weighted by atomic mass is 10.2. The molecule has 92 valence electrons. The largest absolute Gasteiger partial charge is 0.468 e. The Hall–Kier alpha value is -2.07. The molecular weight excluding hydrogens is 226 g/mol. The quantitative estimate of drug-likeness (QED) is 0.763. The molecule has 0 radical (unpaired) electrons. The Labute approximate surface area is 105 Å². The number of furan rings is 1. The lowest BCUT2D eigenvalue weighted by Gasteiger charge is -2.10. The lowest BCUT2D eigenvalue weighted by molar-refractivity contribution is 0.430. The van der Waals surface area contributed by atoms with E-state index in [4.69, 9.17) is 4.42 Å². The number of rotatable bonds is 4. The van der Waals surface area contributed by atoms with E-state index in [9.17, 15) is 0 Å². The van der Waals surface area contributed by atoms with Gasteiger partial charge in [-0.1, -0.05) is 6.07 Å². The van der Waals surface area contributed by atoms with Gasteiger partial charge in [-0.2, -0.15) is 5.10 Å². The minimum atomic E-state index is 0.193. The first-order chi connectivity index (χ1) is 8.84. The van der Waals surface area contributed by atoms with Gasteiger partial charge in [0.25, 0.3) is 0 Å². The smallest absolute Gasteiger partial charge is 0.120 e. The molecule has 0 saturated carbocycles. The summed E-state index contributed by atoms with van der Waals surface area (Å²) in [5.74, 6) is 0.950. The van der Waals surface area contributed by atoms with Crippen molar-refractivity contribution < 1.29 is 4.42 Å². The van der Waals surface area contributed by atoms with E-state index >= 15 is 0 Å². The van der Waals surface area contributed by atoms with Gasteiger partial charge in [0.2, 0.25) is 0 Å². The highest BCUT2D eigenvalue weighted by Gasteiger charge is 2.09. The normalized spacial score (nSPS) is 12.9. The molecule has 3 aromatic heterocycles. The summed E-state index contributed by atoms with van der Waals surface area (Å²) < 4.78 is 7.25. The number of nitrogens with one attached hydrogen (secondary N) is 1.